The third-order valence-corrected chi connectivity index (χ3v) is 5.37. The number of nitrogens with zero attached hydrogens (tertiary/aromatic N) is 1. The summed E-state index contributed by atoms with van der Waals surface area (Å²) in [7, 11) is -4.68. The second-order valence-electron chi connectivity index (χ2n) is 5.54. The van der Waals surface area contributed by atoms with Crippen LogP contribution in [0, 0.1) is 0 Å². The summed E-state index contributed by atoms with van der Waals surface area (Å²) in [6.45, 7) is 1.80. The van der Waals surface area contributed by atoms with Crippen molar-refractivity contribution in [2.24, 2.45) is 0 Å². The van der Waals surface area contributed by atoms with Crippen molar-refractivity contribution in [3.05, 3.63) is 48.0 Å². The first-order valence-corrected chi connectivity index (χ1v) is 9.80. The van der Waals surface area contributed by atoms with Gasteiger partial charge in [0.05, 0.1) is 18.0 Å². The summed E-state index contributed by atoms with van der Waals surface area (Å²) in [6.07, 6.45) is 0.351. The molecule has 0 unspecified atom stereocenters. The number of hydrogen-bond donors (Lipinski definition) is 0. The van der Waals surface area contributed by atoms with Crippen molar-refractivity contribution in [1.29, 1.82) is 0 Å². The molecular weight excluding hydrogens is 385 g/mol. The predicted octanol–water partition coefficient (Wildman–Crippen LogP) is 0.363. The van der Waals surface area contributed by atoms with Crippen LogP contribution in [0.25, 0.3) is 0 Å². The van der Waals surface area contributed by atoms with Gasteiger partial charge in [0.2, 0.25) is 10.4 Å². The number of benzene rings is 2. The number of rotatable bonds is 6. The fourth-order valence-electron chi connectivity index (χ4n) is 2.67. The molecule has 0 aromatic heterocycles. The molecule has 0 amide bonds. The van der Waals surface area contributed by atoms with E-state index in [4.69, 9.17) is 0 Å². The van der Waals surface area contributed by atoms with E-state index < -0.39 is 10.4 Å². The molecule has 3 rings (SSSR count). The van der Waals surface area contributed by atoms with Gasteiger partial charge in [-0.3, -0.25) is 8.98 Å². The Bertz CT molecular complexity index is 917. The maximum absolute atomic E-state index is 11.7. The fraction of sp³-hybridized carbons (Fsp3) is 0.235. The quantitative estimate of drug-likeness (QED) is 0.227. The molecule has 0 fully saturated rings. The van der Waals surface area contributed by atoms with Gasteiger partial charge in [0, 0.05) is 21.9 Å². The normalized spacial score (nSPS) is 12.8. The van der Waals surface area contributed by atoms with Crippen LogP contribution < -0.4 is 34.5 Å². The molecule has 0 spiro atoms. The zero-order valence-electron chi connectivity index (χ0n) is 14.5. The molecular formula is C17H16NNaO5S2. The van der Waals surface area contributed by atoms with Crippen LogP contribution in [0.4, 0.5) is 11.4 Å². The number of para-hydroxylation sites is 1. The SMILES string of the molecule is CC(=O)c1ccc2c(c1)N(CCCOS(=O)(=O)[O-])c1ccccc1S2.[Na+]. The number of Topliss-reactive ketones (excluding diaryl/α,β-unsaturated/α-hetero) is 1. The van der Waals surface area contributed by atoms with Gasteiger partial charge in [-0.25, -0.2) is 8.42 Å². The number of carbonyl (C=O) groups excluding carboxylic acids is 1. The van der Waals surface area contributed by atoms with E-state index in [9.17, 15) is 17.8 Å². The molecule has 0 N–H and O–H groups in total. The molecule has 0 bridgehead atoms. The van der Waals surface area contributed by atoms with Gasteiger partial charge in [0.1, 0.15) is 0 Å². The van der Waals surface area contributed by atoms with Gasteiger partial charge in [-0.05, 0) is 37.6 Å². The molecule has 1 aliphatic rings. The summed E-state index contributed by atoms with van der Waals surface area (Å²) in [6, 6.07) is 13.4. The Balaban J connectivity index is 0.00000243. The van der Waals surface area contributed by atoms with E-state index in [1.165, 1.54) is 6.92 Å². The number of hydrogen-bond acceptors (Lipinski definition) is 7. The number of fused-ring (bicyclic) bond motifs is 2. The maximum atomic E-state index is 11.7. The summed E-state index contributed by atoms with van der Waals surface area (Å²) < 4.78 is 36.0. The van der Waals surface area contributed by atoms with E-state index in [-0.39, 0.29) is 41.9 Å². The minimum absolute atomic E-state index is 0. The number of carbonyl (C=O) groups is 1. The molecule has 0 atom stereocenters. The maximum Gasteiger partial charge on any atom is 1.00 e. The Kier molecular flexibility index (Phi) is 7.32. The van der Waals surface area contributed by atoms with Crippen LogP contribution in [-0.2, 0) is 14.6 Å². The van der Waals surface area contributed by atoms with Crippen molar-refractivity contribution in [1.82, 2.24) is 0 Å². The number of anilines is 2. The molecule has 2 aromatic carbocycles. The summed E-state index contributed by atoms with van der Waals surface area (Å²) >= 11 is 1.62. The van der Waals surface area contributed by atoms with Gasteiger partial charge in [-0.2, -0.15) is 0 Å². The molecule has 0 saturated heterocycles. The van der Waals surface area contributed by atoms with E-state index >= 15 is 0 Å². The first-order chi connectivity index (χ1) is 11.8. The summed E-state index contributed by atoms with van der Waals surface area (Å²) in [5, 5.41) is 0. The Morgan fingerprint density at radius 1 is 1.15 bits per heavy atom. The average molecular weight is 401 g/mol. The van der Waals surface area contributed by atoms with Gasteiger partial charge >= 0.3 is 29.6 Å². The minimum atomic E-state index is -4.68. The van der Waals surface area contributed by atoms with Crippen LogP contribution >= 0.6 is 11.8 Å². The molecule has 132 valence electrons. The molecule has 1 aliphatic heterocycles. The van der Waals surface area contributed by atoms with Crippen LogP contribution in [0.3, 0.4) is 0 Å². The van der Waals surface area contributed by atoms with E-state index in [1.54, 1.807) is 17.8 Å². The van der Waals surface area contributed by atoms with Crippen molar-refractivity contribution in [2.45, 2.75) is 23.1 Å². The third kappa shape index (κ3) is 5.10. The van der Waals surface area contributed by atoms with Crippen LogP contribution in [0.5, 0.6) is 0 Å². The largest absolute Gasteiger partial charge is 1.00 e. The van der Waals surface area contributed by atoms with Gasteiger partial charge in [-0.1, -0.05) is 30.0 Å². The Labute approximate surface area is 179 Å². The third-order valence-electron chi connectivity index (χ3n) is 3.79. The van der Waals surface area contributed by atoms with Crippen molar-refractivity contribution < 1.29 is 51.5 Å². The average Bonchev–Trinajstić information content (AvgIpc) is 2.56. The van der Waals surface area contributed by atoms with E-state index in [1.807, 2.05) is 41.3 Å². The van der Waals surface area contributed by atoms with Crippen LogP contribution in [0.2, 0.25) is 0 Å². The van der Waals surface area contributed by atoms with Crippen molar-refractivity contribution in [2.75, 3.05) is 18.1 Å². The Morgan fingerprint density at radius 3 is 2.54 bits per heavy atom. The smallest absolute Gasteiger partial charge is 0.726 e. The molecule has 9 heteroatoms. The van der Waals surface area contributed by atoms with Crippen molar-refractivity contribution in [3.63, 3.8) is 0 Å². The zero-order valence-corrected chi connectivity index (χ0v) is 18.1. The molecule has 26 heavy (non-hydrogen) atoms. The summed E-state index contributed by atoms with van der Waals surface area (Å²) in [5.41, 5.74) is 2.48. The van der Waals surface area contributed by atoms with Gasteiger partial charge < -0.3 is 9.45 Å². The minimum Gasteiger partial charge on any atom is -0.726 e. The van der Waals surface area contributed by atoms with Gasteiger partial charge in [-0.15, -0.1) is 0 Å². The fourth-order valence-corrected chi connectivity index (χ4v) is 4.07. The Morgan fingerprint density at radius 2 is 1.85 bits per heavy atom. The molecule has 6 nitrogen and oxygen atoms in total. The monoisotopic (exact) mass is 401 g/mol. The zero-order chi connectivity index (χ0) is 18.0. The first-order valence-electron chi connectivity index (χ1n) is 7.65. The standard InChI is InChI=1S/C17H17NO5S2.Na/c1-12(19)13-7-8-17-15(11-13)18(9-4-10-23-25(20,21)22)14-5-2-3-6-16(14)24-17;/h2-3,5-8,11H,4,9-10H2,1H3,(H,20,21,22);/q;+1/p-1. The van der Waals surface area contributed by atoms with Crippen molar-refractivity contribution in [3.8, 4) is 0 Å². The second kappa shape index (κ2) is 8.88. The Hall–Kier alpha value is -0.870. The van der Waals surface area contributed by atoms with Crippen LogP contribution in [-0.4, -0.2) is 31.9 Å². The summed E-state index contributed by atoms with van der Waals surface area (Å²) in [5.74, 6) is -0.0209. The molecule has 0 aliphatic carbocycles. The van der Waals surface area contributed by atoms with Gasteiger partial charge in [0.25, 0.3) is 0 Å². The van der Waals surface area contributed by atoms with E-state index in [0.717, 1.165) is 21.2 Å². The molecule has 0 saturated carbocycles. The molecule has 0 radical (unpaired) electrons. The van der Waals surface area contributed by atoms with Crippen molar-refractivity contribution >= 4 is 39.3 Å². The van der Waals surface area contributed by atoms with Crippen LogP contribution in [0.15, 0.2) is 52.3 Å². The predicted molar refractivity (Wildman–Crippen MR) is 94.3 cm³/mol. The topological polar surface area (TPSA) is 86.7 Å². The summed E-state index contributed by atoms with van der Waals surface area (Å²) in [4.78, 5) is 15.8. The van der Waals surface area contributed by atoms with E-state index in [0.29, 0.717) is 18.5 Å². The number of ketones is 1. The molecule has 1 heterocycles. The molecule has 2 aromatic rings. The second-order valence-corrected chi connectivity index (χ2v) is 7.68. The first kappa shape index (κ1) is 21.4. The van der Waals surface area contributed by atoms with Gasteiger partial charge in [0.15, 0.2) is 5.78 Å². The van der Waals surface area contributed by atoms with E-state index in [2.05, 4.69) is 4.18 Å². The van der Waals surface area contributed by atoms with Crippen LogP contribution in [0.1, 0.15) is 23.7 Å².